The zero-order chi connectivity index (χ0) is 12.8. The fourth-order valence-corrected chi connectivity index (χ4v) is 1.67. The van der Waals surface area contributed by atoms with Crippen LogP contribution >= 0.6 is 0 Å². The van der Waals surface area contributed by atoms with Crippen LogP contribution in [0.15, 0.2) is 18.2 Å². The van der Waals surface area contributed by atoms with Gasteiger partial charge in [0, 0.05) is 11.6 Å². The molecule has 2 heteroatoms. The number of methoxy groups -OCH3 is 1. The highest BCUT2D eigenvalue weighted by atomic mass is 16.5. The lowest BCUT2D eigenvalue weighted by Gasteiger charge is -2.06. The van der Waals surface area contributed by atoms with Crippen LogP contribution in [0.3, 0.4) is 0 Å². The Morgan fingerprint density at radius 3 is 2.35 bits per heavy atom. The summed E-state index contributed by atoms with van der Waals surface area (Å²) in [4.78, 5) is 11.0. The maximum Gasteiger partial charge on any atom is 0.330 e. The molecule has 88 valence electrons. The van der Waals surface area contributed by atoms with Crippen molar-refractivity contribution in [1.82, 2.24) is 0 Å². The van der Waals surface area contributed by atoms with E-state index in [1.54, 1.807) is 6.08 Å². The highest BCUT2D eigenvalue weighted by Gasteiger charge is 2.02. The first-order valence-electron chi connectivity index (χ1n) is 5.38. The molecule has 17 heavy (non-hydrogen) atoms. The van der Waals surface area contributed by atoms with Crippen molar-refractivity contribution in [3.05, 3.63) is 40.5 Å². The van der Waals surface area contributed by atoms with Crippen molar-refractivity contribution in [3.63, 3.8) is 0 Å². The summed E-state index contributed by atoms with van der Waals surface area (Å²) in [6, 6.07) is 4.03. The van der Waals surface area contributed by atoms with Gasteiger partial charge < -0.3 is 4.74 Å². The maximum absolute atomic E-state index is 11.0. The van der Waals surface area contributed by atoms with Crippen molar-refractivity contribution >= 4 is 12.0 Å². The van der Waals surface area contributed by atoms with Gasteiger partial charge in [-0.15, -0.1) is 5.92 Å². The second kappa shape index (κ2) is 5.91. The average molecular weight is 228 g/mol. The molecule has 0 amide bonds. The number of hydrogen-bond donors (Lipinski definition) is 0. The molecule has 0 unspecified atom stereocenters. The van der Waals surface area contributed by atoms with Gasteiger partial charge in [-0.1, -0.05) is 5.92 Å². The molecular formula is C15H16O2. The second-order valence-electron chi connectivity index (χ2n) is 3.76. The lowest BCUT2D eigenvalue weighted by molar-refractivity contribution is -0.134. The predicted octanol–water partition coefficient (Wildman–Crippen LogP) is 2.86. The van der Waals surface area contributed by atoms with Crippen LogP contribution in [0, 0.1) is 25.7 Å². The Bertz CT molecular complexity index is 490. The zero-order valence-corrected chi connectivity index (χ0v) is 10.6. The number of ether oxygens (including phenoxy) is 1. The summed E-state index contributed by atoms with van der Waals surface area (Å²) >= 11 is 0. The molecule has 1 aromatic rings. The van der Waals surface area contributed by atoms with Crippen LogP contribution in [0.1, 0.15) is 29.2 Å². The molecule has 0 saturated carbocycles. The molecule has 0 atom stereocenters. The first-order valence-corrected chi connectivity index (χ1v) is 5.38. The average Bonchev–Trinajstić information content (AvgIpc) is 2.28. The third kappa shape index (κ3) is 3.49. The van der Waals surface area contributed by atoms with E-state index in [1.165, 1.54) is 13.2 Å². The van der Waals surface area contributed by atoms with Gasteiger partial charge in [-0.2, -0.15) is 0 Å². The van der Waals surface area contributed by atoms with Crippen molar-refractivity contribution in [2.75, 3.05) is 7.11 Å². The first kappa shape index (κ1) is 13.1. The lowest BCUT2D eigenvalue weighted by Crippen LogP contribution is -1.95. The number of esters is 1. The minimum atomic E-state index is -0.346. The molecule has 0 saturated heterocycles. The Morgan fingerprint density at radius 2 is 1.88 bits per heavy atom. The molecular weight excluding hydrogens is 212 g/mol. The number of rotatable bonds is 2. The molecule has 0 aliphatic heterocycles. The zero-order valence-electron chi connectivity index (χ0n) is 10.6. The second-order valence-corrected chi connectivity index (χ2v) is 3.76. The van der Waals surface area contributed by atoms with Gasteiger partial charge in [-0.25, -0.2) is 4.79 Å². The number of aryl methyl sites for hydroxylation is 2. The molecule has 0 heterocycles. The number of hydrogen-bond acceptors (Lipinski definition) is 2. The third-order valence-electron chi connectivity index (χ3n) is 2.45. The molecule has 0 bridgehead atoms. The maximum atomic E-state index is 11.0. The Morgan fingerprint density at radius 1 is 1.29 bits per heavy atom. The van der Waals surface area contributed by atoms with Crippen LogP contribution in [0.25, 0.3) is 6.08 Å². The SMILES string of the molecule is CC#Cc1cc(C)c(/C=C/C(=O)OC)c(C)c1. The van der Waals surface area contributed by atoms with Crippen LogP contribution in [-0.4, -0.2) is 13.1 Å². The topological polar surface area (TPSA) is 26.3 Å². The Hall–Kier alpha value is -2.01. The standard InChI is InChI=1S/C15H16O2/c1-5-6-13-9-11(2)14(12(3)10-13)7-8-15(16)17-4/h7-10H,1-4H3/b8-7+. The summed E-state index contributed by atoms with van der Waals surface area (Å²) in [5, 5.41) is 0. The molecule has 0 N–H and O–H groups in total. The van der Waals surface area contributed by atoms with Crippen molar-refractivity contribution in [2.24, 2.45) is 0 Å². The van der Waals surface area contributed by atoms with Gasteiger partial charge in [0.25, 0.3) is 0 Å². The van der Waals surface area contributed by atoms with E-state index in [2.05, 4.69) is 16.6 Å². The van der Waals surface area contributed by atoms with E-state index in [9.17, 15) is 4.79 Å². The summed E-state index contributed by atoms with van der Waals surface area (Å²) in [5.41, 5.74) is 4.24. The third-order valence-corrected chi connectivity index (χ3v) is 2.45. The molecule has 0 aliphatic rings. The van der Waals surface area contributed by atoms with Gasteiger partial charge in [0.05, 0.1) is 7.11 Å². The van der Waals surface area contributed by atoms with E-state index in [0.29, 0.717) is 0 Å². The number of carbonyl (C=O) groups excluding carboxylic acids is 1. The summed E-state index contributed by atoms with van der Waals surface area (Å²) in [7, 11) is 1.37. The predicted molar refractivity (Wildman–Crippen MR) is 69.5 cm³/mol. The van der Waals surface area contributed by atoms with Gasteiger partial charge >= 0.3 is 5.97 Å². The van der Waals surface area contributed by atoms with E-state index in [1.807, 2.05) is 32.9 Å². The van der Waals surface area contributed by atoms with Crippen LogP contribution in [-0.2, 0) is 9.53 Å². The van der Waals surface area contributed by atoms with Crippen LogP contribution < -0.4 is 0 Å². The van der Waals surface area contributed by atoms with Gasteiger partial charge in [-0.05, 0) is 55.7 Å². The summed E-state index contributed by atoms with van der Waals surface area (Å²) in [6.45, 7) is 5.82. The molecule has 0 fully saturated rings. The van der Waals surface area contributed by atoms with Crippen LogP contribution in [0.5, 0.6) is 0 Å². The van der Waals surface area contributed by atoms with Crippen LogP contribution in [0.2, 0.25) is 0 Å². The van der Waals surface area contributed by atoms with Gasteiger partial charge in [0.15, 0.2) is 0 Å². The van der Waals surface area contributed by atoms with Gasteiger partial charge in [0.2, 0.25) is 0 Å². The van der Waals surface area contributed by atoms with E-state index in [4.69, 9.17) is 0 Å². The molecule has 1 aromatic carbocycles. The minimum Gasteiger partial charge on any atom is -0.466 e. The fraction of sp³-hybridized carbons (Fsp3) is 0.267. The van der Waals surface area contributed by atoms with Crippen molar-refractivity contribution < 1.29 is 9.53 Å². The fourth-order valence-electron chi connectivity index (χ4n) is 1.67. The highest BCUT2D eigenvalue weighted by Crippen LogP contribution is 2.18. The number of benzene rings is 1. The Labute approximate surface area is 102 Å². The monoisotopic (exact) mass is 228 g/mol. The van der Waals surface area contributed by atoms with Gasteiger partial charge in [-0.3, -0.25) is 0 Å². The van der Waals surface area contributed by atoms with Crippen molar-refractivity contribution in [1.29, 1.82) is 0 Å². The van der Waals surface area contributed by atoms with E-state index >= 15 is 0 Å². The summed E-state index contributed by atoms with van der Waals surface area (Å²) < 4.78 is 4.57. The first-order chi connectivity index (χ1) is 8.08. The summed E-state index contributed by atoms with van der Waals surface area (Å²) in [6.07, 6.45) is 3.21. The van der Waals surface area contributed by atoms with Crippen molar-refractivity contribution in [3.8, 4) is 11.8 Å². The smallest absolute Gasteiger partial charge is 0.330 e. The van der Waals surface area contributed by atoms with Gasteiger partial charge in [0.1, 0.15) is 0 Å². The normalized spacial score (nSPS) is 9.88. The van der Waals surface area contributed by atoms with E-state index in [-0.39, 0.29) is 5.97 Å². The Balaban J connectivity index is 3.13. The molecule has 0 aromatic heterocycles. The van der Waals surface area contributed by atoms with Crippen LogP contribution in [0.4, 0.5) is 0 Å². The van der Waals surface area contributed by atoms with Crippen molar-refractivity contribution in [2.45, 2.75) is 20.8 Å². The number of carbonyl (C=O) groups is 1. The molecule has 0 radical (unpaired) electrons. The molecule has 0 spiro atoms. The summed E-state index contributed by atoms with van der Waals surface area (Å²) in [5.74, 6) is 5.56. The lowest BCUT2D eigenvalue weighted by atomic mass is 9.99. The molecule has 1 rings (SSSR count). The minimum absolute atomic E-state index is 0.346. The Kier molecular flexibility index (Phi) is 4.54. The quantitative estimate of drug-likeness (QED) is 0.442. The van der Waals surface area contributed by atoms with E-state index in [0.717, 1.165) is 22.3 Å². The molecule has 2 nitrogen and oxygen atoms in total. The highest BCUT2D eigenvalue weighted by molar-refractivity contribution is 5.87. The molecule has 0 aliphatic carbocycles. The largest absolute Gasteiger partial charge is 0.466 e. The van der Waals surface area contributed by atoms with E-state index < -0.39 is 0 Å².